The lowest BCUT2D eigenvalue weighted by Crippen LogP contribution is -2.69. The van der Waals surface area contributed by atoms with Gasteiger partial charge >= 0.3 is 0 Å². The van der Waals surface area contributed by atoms with Crippen LogP contribution in [0.1, 0.15) is 75.0 Å². The highest BCUT2D eigenvalue weighted by atomic mass is 16.5. The number of hydrogen-bond donors (Lipinski definition) is 1. The smallest absolute Gasteiger partial charge is 0.165 e. The third kappa shape index (κ3) is 4.48. The Hall–Kier alpha value is -2.08. The molecule has 1 saturated heterocycles. The van der Waals surface area contributed by atoms with Gasteiger partial charge in [0.1, 0.15) is 6.10 Å². The molecule has 5 heteroatoms. The summed E-state index contributed by atoms with van der Waals surface area (Å²) in [4.78, 5) is 5.52. The molecule has 2 unspecified atom stereocenters. The molecular weight excluding hydrogens is 496 g/mol. The van der Waals surface area contributed by atoms with Gasteiger partial charge in [-0.1, -0.05) is 56.2 Å². The number of ether oxygens (including phenoxy) is 2. The Morgan fingerprint density at radius 1 is 1.07 bits per heavy atom. The van der Waals surface area contributed by atoms with Gasteiger partial charge in [-0.3, -0.25) is 9.80 Å². The minimum absolute atomic E-state index is 0.0719. The summed E-state index contributed by atoms with van der Waals surface area (Å²) in [5.74, 6) is 3.10. The Kier molecular flexibility index (Phi) is 7.34. The van der Waals surface area contributed by atoms with Gasteiger partial charge in [-0.15, -0.1) is 0 Å². The van der Waals surface area contributed by atoms with Crippen LogP contribution in [0.5, 0.6) is 11.5 Å². The highest BCUT2D eigenvalue weighted by Crippen LogP contribution is 2.64. The molecule has 2 aromatic rings. The molecule has 0 amide bonds. The summed E-state index contributed by atoms with van der Waals surface area (Å²) in [7, 11) is 1.79. The van der Waals surface area contributed by atoms with Gasteiger partial charge in [0.25, 0.3) is 0 Å². The van der Waals surface area contributed by atoms with Gasteiger partial charge in [-0.25, -0.2) is 0 Å². The number of aliphatic hydroxyl groups excluding tert-OH is 1. The highest BCUT2D eigenvalue weighted by Gasteiger charge is 2.66. The summed E-state index contributed by atoms with van der Waals surface area (Å²) in [6.45, 7) is 6.80. The monoisotopic (exact) mass is 544 g/mol. The molecule has 3 fully saturated rings. The first-order valence-corrected chi connectivity index (χ1v) is 16.2. The molecular formula is C35H48N2O3. The van der Waals surface area contributed by atoms with E-state index in [1.54, 1.807) is 7.11 Å². The van der Waals surface area contributed by atoms with Gasteiger partial charge in [-0.05, 0) is 94.1 Å². The van der Waals surface area contributed by atoms with Gasteiger partial charge in [0.15, 0.2) is 11.5 Å². The van der Waals surface area contributed by atoms with Gasteiger partial charge < -0.3 is 14.6 Å². The molecule has 3 aliphatic carbocycles. The fraction of sp³-hybridized carbons (Fsp3) is 0.657. The summed E-state index contributed by atoms with van der Waals surface area (Å²) in [6.07, 6.45) is 12.3. The zero-order valence-electron chi connectivity index (χ0n) is 24.6. The third-order valence-corrected chi connectivity index (χ3v) is 11.3. The van der Waals surface area contributed by atoms with Crippen LogP contribution in [-0.4, -0.2) is 72.5 Å². The van der Waals surface area contributed by atoms with E-state index in [0.29, 0.717) is 23.9 Å². The molecule has 1 spiro atoms. The Morgan fingerprint density at radius 3 is 2.67 bits per heavy atom. The molecule has 2 aliphatic heterocycles. The summed E-state index contributed by atoms with van der Waals surface area (Å²) in [5.41, 5.74) is 4.56. The summed E-state index contributed by atoms with van der Waals surface area (Å²) >= 11 is 0. The van der Waals surface area contributed by atoms with Gasteiger partial charge in [0.05, 0.1) is 13.2 Å². The van der Waals surface area contributed by atoms with Crippen LogP contribution < -0.4 is 9.47 Å². The number of aryl methyl sites for hydroxylation is 1. The zero-order valence-corrected chi connectivity index (χ0v) is 24.6. The Balaban J connectivity index is 1.07. The predicted octanol–water partition coefficient (Wildman–Crippen LogP) is 5.61. The maximum Gasteiger partial charge on any atom is 0.165 e. The van der Waals surface area contributed by atoms with E-state index in [2.05, 4.69) is 59.2 Å². The van der Waals surface area contributed by atoms with Crippen LogP contribution in [0.3, 0.4) is 0 Å². The molecule has 1 N–H and O–H groups in total. The van der Waals surface area contributed by atoms with E-state index < -0.39 is 0 Å². The van der Waals surface area contributed by atoms with Crippen LogP contribution in [0.15, 0.2) is 42.5 Å². The number of nitrogens with zero attached hydrogens (tertiary/aromatic N) is 2. The first-order valence-electron chi connectivity index (χ1n) is 16.2. The largest absolute Gasteiger partial charge is 0.493 e. The SMILES string of the molecule is CCN(CCCCCCc1ccccc1)[C@@H]1CC[C@H]2[C@H]3Cc4ccc(OC)c5c4[C@@]2(CCN3CC2CC2O)[C@H]1O5. The van der Waals surface area contributed by atoms with Crippen molar-refractivity contribution in [2.24, 2.45) is 11.8 Å². The molecule has 7 atom stereocenters. The number of aliphatic hydroxyl groups is 1. The van der Waals surface area contributed by atoms with Gasteiger partial charge in [-0.2, -0.15) is 0 Å². The van der Waals surface area contributed by atoms with E-state index in [9.17, 15) is 5.11 Å². The van der Waals surface area contributed by atoms with Gasteiger partial charge in [0.2, 0.25) is 0 Å². The molecule has 7 rings (SSSR count). The van der Waals surface area contributed by atoms with Crippen molar-refractivity contribution < 1.29 is 14.6 Å². The lowest BCUT2D eigenvalue weighted by Gasteiger charge is -2.60. The Bertz CT molecular complexity index is 1190. The predicted molar refractivity (Wildman–Crippen MR) is 159 cm³/mol. The Labute approximate surface area is 240 Å². The minimum atomic E-state index is -0.0719. The first-order chi connectivity index (χ1) is 19.6. The molecule has 5 aliphatic rings. The van der Waals surface area contributed by atoms with Crippen LogP contribution in [-0.2, 0) is 18.3 Å². The Morgan fingerprint density at radius 2 is 1.90 bits per heavy atom. The molecule has 5 nitrogen and oxygen atoms in total. The van der Waals surface area contributed by atoms with Crippen molar-refractivity contribution in [3.63, 3.8) is 0 Å². The molecule has 216 valence electrons. The summed E-state index contributed by atoms with van der Waals surface area (Å²) in [5, 5.41) is 10.1. The van der Waals surface area contributed by atoms with Crippen LogP contribution in [0.2, 0.25) is 0 Å². The number of likely N-dealkylation sites (N-methyl/N-ethyl adjacent to an activating group) is 1. The van der Waals surface area contributed by atoms with Crippen molar-refractivity contribution in [2.45, 2.75) is 101 Å². The van der Waals surface area contributed by atoms with Crippen molar-refractivity contribution in [1.29, 1.82) is 0 Å². The van der Waals surface area contributed by atoms with E-state index in [-0.39, 0.29) is 17.6 Å². The van der Waals surface area contributed by atoms with Crippen molar-refractivity contribution >= 4 is 0 Å². The topological polar surface area (TPSA) is 45.2 Å². The number of piperidine rings is 1. The average Bonchev–Trinajstić information content (AvgIpc) is 3.56. The number of rotatable bonds is 12. The molecule has 2 heterocycles. The van der Waals surface area contributed by atoms with E-state index in [0.717, 1.165) is 44.0 Å². The van der Waals surface area contributed by atoms with Crippen molar-refractivity contribution in [2.75, 3.05) is 33.3 Å². The lowest BCUT2D eigenvalue weighted by atomic mass is 9.51. The normalized spacial score (nSPS) is 33.5. The molecule has 0 radical (unpaired) electrons. The second-order valence-corrected chi connectivity index (χ2v) is 13.3. The maximum absolute atomic E-state index is 10.1. The second-order valence-electron chi connectivity index (χ2n) is 13.3. The maximum atomic E-state index is 10.1. The van der Waals surface area contributed by atoms with Crippen LogP contribution in [0, 0.1) is 11.8 Å². The highest BCUT2D eigenvalue weighted by molar-refractivity contribution is 5.61. The van der Waals surface area contributed by atoms with Gasteiger partial charge in [0, 0.05) is 35.5 Å². The van der Waals surface area contributed by atoms with Crippen LogP contribution >= 0.6 is 0 Å². The van der Waals surface area contributed by atoms with E-state index in [1.807, 2.05) is 0 Å². The molecule has 2 bridgehead atoms. The van der Waals surface area contributed by atoms with Crippen molar-refractivity contribution in [3.05, 3.63) is 59.2 Å². The molecule has 2 saturated carbocycles. The number of hydrogen-bond acceptors (Lipinski definition) is 5. The zero-order chi connectivity index (χ0) is 27.3. The molecule has 40 heavy (non-hydrogen) atoms. The standard InChI is InChI=1S/C35H48N2O3/c1-3-36(19-10-5-4-7-11-24-12-8-6-9-13-24)28-16-15-27-29-21-25-14-17-31(39-2)33-32(25)35(27,34(28)40-33)18-20-37(29)23-26-22-30(26)38/h6,8-9,12-14,17,26-30,34,38H,3-5,7,10-11,15-16,18-23H2,1-2H3/t26?,27-,28+,29+,30?,34-,35-/m0/s1. The van der Waals surface area contributed by atoms with E-state index >= 15 is 0 Å². The molecule has 0 aromatic heterocycles. The third-order valence-electron chi connectivity index (χ3n) is 11.3. The first kappa shape index (κ1) is 26.8. The average molecular weight is 545 g/mol. The lowest BCUT2D eigenvalue weighted by molar-refractivity contribution is -0.0893. The fourth-order valence-corrected chi connectivity index (χ4v) is 9.28. The minimum Gasteiger partial charge on any atom is -0.493 e. The number of benzene rings is 2. The van der Waals surface area contributed by atoms with Crippen molar-refractivity contribution in [1.82, 2.24) is 9.80 Å². The van der Waals surface area contributed by atoms with E-state index in [4.69, 9.17) is 9.47 Å². The summed E-state index contributed by atoms with van der Waals surface area (Å²) in [6, 6.07) is 16.4. The van der Waals surface area contributed by atoms with Crippen LogP contribution in [0.25, 0.3) is 0 Å². The van der Waals surface area contributed by atoms with Crippen LogP contribution in [0.4, 0.5) is 0 Å². The number of unbranched alkanes of at least 4 members (excludes halogenated alkanes) is 3. The van der Waals surface area contributed by atoms with Crippen molar-refractivity contribution in [3.8, 4) is 11.5 Å². The second kappa shape index (κ2) is 11.0. The quantitative estimate of drug-likeness (QED) is 0.352. The number of likely N-dealkylation sites (tertiary alicyclic amines) is 1. The number of methoxy groups -OCH3 is 1. The van der Waals surface area contributed by atoms with E-state index in [1.165, 1.54) is 74.6 Å². The molecule has 2 aromatic carbocycles. The summed E-state index contributed by atoms with van der Waals surface area (Å²) < 4.78 is 13.0. The fourth-order valence-electron chi connectivity index (χ4n) is 9.28.